The lowest BCUT2D eigenvalue weighted by Gasteiger charge is -2.07. The van der Waals surface area contributed by atoms with E-state index in [2.05, 4.69) is 0 Å². The van der Waals surface area contributed by atoms with E-state index in [1.54, 1.807) is 0 Å². The van der Waals surface area contributed by atoms with Gasteiger partial charge in [-0.1, -0.05) is 43.7 Å². The molecule has 0 aliphatic rings. The maximum atomic E-state index is 13.5. The number of benzene rings is 1. The molecule has 0 N–H and O–H groups in total. The fourth-order valence-corrected chi connectivity index (χ4v) is 1.72. The van der Waals surface area contributed by atoms with Crippen molar-refractivity contribution >= 4 is 11.6 Å². The van der Waals surface area contributed by atoms with Crippen LogP contribution >= 0.6 is 0 Å². The van der Waals surface area contributed by atoms with Crippen LogP contribution in [0.5, 0.6) is 0 Å². The van der Waals surface area contributed by atoms with Crippen molar-refractivity contribution < 1.29 is 18.7 Å². The van der Waals surface area contributed by atoms with Gasteiger partial charge in [-0.2, -0.15) is 0 Å². The van der Waals surface area contributed by atoms with Crippen LogP contribution in [0.15, 0.2) is 30.3 Å². The molecule has 110 valence electrons. The Labute approximate surface area is 119 Å². The number of alkyl halides is 1. The van der Waals surface area contributed by atoms with E-state index < -0.39 is 17.7 Å². The third-order valence-electron chi connectivity index (χ3n) is 2.95. The number of unbranched alkanes of at least 4 members (excludes halogenated alkanes) is 1. The van der Waals surface area contributed by atoms with Crippen LogP contribution in [-0.4, -0.2) is 24.3 Å². The Balaban J connectivity index is 2.20. The second-order valence-electron chi connectivity index (χ2n) is 4.69. The summed E-state index contributed by atoms with van der Waals surface area (Å²) in [5.74, 6) is -1.29. The highest BCUT2D eigenvalue weighted by Gasteiger charge is 2.24. The van der Waals surface area contributed by atoms with Crippen molar-refractivity contribution in [1.82, 2.24) is 0 Å². The molecule has 1 atom stereocenters. The number of halogens is 1. The molecule has 1 rings (SSSR count). The molecule has 1 unspecified atom stereocenters. The number of carbonyl (C=O) groups excluding carboxylic acids is 2. The molecule has 0 saturated carbocycles. The Morgan fingerprint density at radius 1 is 1.15 bits per heavy atom. The minimum atomic E-state index is -1.98. The van der Waals surface area contributed by atoms with E-state index in [4.69, 9.17) is 4.74 Å². The molecule has 3 nitrogen and oxygen atoms in total. The van der Waals surface area contributed by atoms with E-state index in [-0.39, 0.29) is 19.4 Å². The van der Waals surface area contributed by atoms with E-state index in [9.17, 15) is 14.0 Å². The Kier molecular flexibility index (Phi) is 7.73. The molecular formula is C16H21FO3. The Morgan fingerprint density at radius 2 is 1.80 bits per heavy atom. The Hall–Kier alpha value is -1.55. The summed E-state index contributed by atoms with van der Waals surface area (Å²) in [6, 6.07) is 9.52. The van der Waals surface area contributed by atoms with Crippen LogP contribution in [0.3, 0.4) is 0 Å². The van der Waals surface area contributed by atoms with Gasteiger partial charge < -0.3 is 4.74 Å². The van der Waals surface area contributed by atoms with Gasteiger partial charge in [0.2, 0.25) is 6.17 Å². The van der Waals surface area contributed by atoms with Crippen LogP contribution in [0.2, 0.25) is 0 Å². The van der Waals surface area contributed by atoms with Gasteiger partial charge >= 0.3 is 0 Å². The molecule has 20 heavy (non-hydrogen) atoms. The van der Waals surface area contributed by atoms with Crippen LogP contribution in [0.25, 0.3) is 0 Å². The van der Waals surface area contributed by atoms with E-state index in [0.717, 1.165) is 12.0 Å². The lowest BCUT2D eigenvalue weighted by atomic mass is 10.1. The van der Waals surface area contributed by atoms with Crippen LogP contribution in [0.4, 0.5) is 4.39 Å². The summed E-state index contributed by atoms with van der Waals surface area (Å²) in [6.45, 7) is 2.43. The summed E-state index contributed by atoms with van der Waals surface area (Å²) in [4.78, 5) is 22.8. The van der Waals surface area contributed by atoms with Crippen molar-refractivity contribution in [3.63, 3.8) is 0 Å². The molecule has 1 aromatic rings. The first-order valence-corrected chi connectivity index (χ1v) is 6.96. The highest BCUT2D eigenvalue weighted by Crippen LogP contribution is 2.07. The topological polar surface area (TPSA) is 43.4 Å². The molecule has 0 aliphatic carbocycles. The van der Waals surface area contributed by atoms with Crippen LogP contribution in [-0.2, 0) is 20.9 Å². The van der Waals surface area contributed by atoms with Gasteiger partial charge in [-0.25, -0.2) is 4.39 Å². The summed E-state index contributed by atoms with van der Waals surface area (Å²) in [7, 11) is 0. The number of ether oxygens (including phenoxy) is 1. The zero-order chi connectivity index (χ0) is 14.8. The molecule has 0 bridgehead atoms. The van der Waals surface area contributed by atoms with Crippen molar-refractivity contribution in [1.29, 1.82) is 0 Å². The highest BCUT2D eigenvalue weighted by atomic mass is 19.1. The lowest BCUT2D eigenvalue weighted by Crippen LogP contribution is -2.26. The predicted octanol–water partition coefficient (Wildman–Crippen LogP) is 3.26. The molecule has 1 aromatic carbocycles. The molecule has 4 heteroatoms. The number of rotatable bonds is 10. The quantitative estimate of drug-likeness (QED) is 0.488. The van der Waals surface area contributed by atoms with Crippen LogP contribution in [0, 0.1) is 0 Å². The molecule has 0 fully saturated rings. The molecule has 0 amide bonds. The Bertz CT molecular complexity index is 417. The third kappa shape index (κ3) is 6.06. The minimum absolute atomic E-state index is 0.0636. The van der Waals surface area contributed by atoms with Gasteiger partial charge in [-0.3, -0.25) is 9.59 Å². The van der Waals surface area contributed by atoms with Gasteiger partial charge in [0.1, 0.15) is 0 Å². The van der Waals surface area contributed by atoms with Gasteiger partial charge in [0.15, 0.2) is 11.6 Å². The van der Waals surface area contributed by atoms with Crippen LogP contribution in [0.1, 0.15) is 38.2 Å². The lowest BCUT2D eigenvalue weighted by molar-refractivity contribution is -0.134. The number of hydrogen-bond acceptors (Lipinski definition) is 3. The number of ketones is 2. The smallest absolute Gasteiger partial charge is 0.216 e. The summed E-state index contributed by atoms with van der Waals surface area (Å²) >= 11 is 0. The van der Waals surface area contributed by atoms with Gasteiger partial charge in [-0.15, -0.1) is 0 Å². The average molecular weight is 280 g/mol. The largest absolute Gasteiger partial charge is 0.376 e. The summed E-state index contributed by atoms with van der Waals surface area (Å²) in [5.41, 5.74) is 0.996. The second kappa shape index (κ2) is 9.37. The zero-order valence-corrected chi connectivity index (χ0v) is 11.8. The summed E-state index contributed by atoms with van der Waals surface area (Å²) in [5, 5.41) is 0. The standard InChI is InChI=1S/C16H21FO3/c1-2-3-9-14(18)16(17)15(19)10-11-20-12-13-7-5-4-6-8-13/h4-8,16H,2-3,9-12H2,1H3. The number of hydrogen-bond donors (Lipinski definition) is 0. The maximum Gasteiger partial charge on any atom is 0.216 e. The van der Waals surface area contributed by atoms with E-state index in [1.807, 2.05) is 37.3 Å². The molecular weight excluding hydrogens is 259 g/mol. The van der Waals surface area contributed by atoms with Crippen molar-refractivity contribution in [2.75, 3.05) is 6.61 Å². The van der Waals surface area contributed by atoms with Gasteiger partial charge in [0.25, 0.3) is 0 Å². The van der Waals surface area contributed by atoms with Crippen molar-refractivity contribution in [3.05, 3.63) is 35.9 Å². The molecule has 0 aliphatic heterocycles. The first-order chi connectivity index (χ1) is 9.65. The van der Waals surface area contributed by atoms with Crippen molar-refractivity contribution in [3.8, 4) is 0 Å². The SMILES string of the molecule is CCCCC(=O)C(F)C(=O)CCOCc1ccccc1. The number of Topliss-reactive ketones (excluding diaryl/α,β-unsaturated/α-hetero) is 2. The molecule has 0 radical (unpaired) electrons. The zero-order valence-electron chi connectivity index (χ0n) is 11.8. The van der Waals surface area contributed by atoms with Gasteiger partial charge in [0.05, 0.1) is 13.2 Å². The van der Waals surface area contributed by atoms with Crippen molar-refractivity contribution in [2.24, 2.45) is 0 Å². The third-order valence-corrected chi connectivity index (χ3v) is 2.95. The second-order valence-corrected chi connectivity index (χ2v) is 4.69. The fourth-order valence-electron chi connectivity index (χ4n) is 1.72. The summed E-state index contributed by atoms with van der Waals surface area (Å²) in [6.07, 6.45) is -0.480. The predicted molar refractivity (Wildman–Crippen MR) is 75.2 cm³/mol. The summed E-state index contributed by atoms with van der Waals surface area (Å²) < 4.78 is 18.8. The normalized spacial score (nSPS) is 12.1. The maximum absolute atomic E-state index is 13.5. The molecule has 0 heterocycles. The molecule has 0 saturated heterocycles. The highest BCUT2D eigenvalue weighted by molar-refractivity contribution is 6.05. The van der Waals surface area contributed by atoms with Crippen molar-refractivity contribution in [2.45, 2.75) is 45.4 Å². The molecule has 0 aromatic heterocycles. The molecule has 0 spiro atoms. The fraction of sp³-hybridized carbons (Fsp3) is 0.500. The Morgan fingerprint density at radius 3 is 2.45 bits per heavy atom. The first-order valence-electron chi connectivity index (χ1n) is 6.96. The minimum Gasteiger partial charge on any atom is -0.376 e. The van der Waals surface area contributed by atoms with Gasteiger partial charge in [0, 0.05) is 12.8 Å². The average Bonchev–Trinajstić information content (AvgIpc) is 2.49. The van der Waals surface area contributed by atoms with Gasteiger partial charge in [-0.05, 0) is 12.0 Å². The monoisotopic (exact) mass is 280 g/mol. The number of carbonyl (C=O) groups is 2. The van der Waals surface area contributed by atoms with Crippen LogP contribution < -0.4 is 0 Å². The van der Waals surface area contributed by atoms with E-state index in [0.29, 0.717) is 13.0 Å². The van der Waals surface area contributed by atoms with E-state index >= 15 is 0 Å². The van der Waals surface area contributed by atoms with E-state index in [1.165, 1.54) is 0 Å². The first kappa shape index (κ1) is 16.5.